The Labute approximate surface area is 121 Å². The molecule has 0 bridgehead atoms. The fourth-order valence-corrected chi connectivity index (χ4v) is 1.83. The van der Waals surface area contributed by atoms with Crippen molar-refractivity contribution in [2.24, 2.45) is 0 Å². The predicted molar refractivity (Wildman–Crippen MR) is 75.8 cm³/mol. The third-order valence-corrected chi connectivity index (χ3v) is 2.98. The van der Waals surface area contributed by atoms with E-state index in [0.717, 1.165) is 6.42 Å². The molecular weight excluding hydrogens is 280 g/mol. The molecule has 0 radical (unpaired) electrons. The quantitative estimate of drug-likeness (QED) is 0.782. The molecule has 0 unspecified atom stereocenters. The number of rotatable bonds is 6. The van der Waals surface area contributed by atoms with E-state index in [1.807, 2.05) is 0 Å². The minimum Gasteiger partial charge on any atom is -0.373 e. The summed E-state index contributed by atoms with van der Waals surface area (Å²) in [5, 5.41) is 13.6. The van der Waals surface area contributed by atoms with Gasteiger partial charge in [0.25, 0.3) is 5.91 Å². The predicted octanol–water partition coefficient (Wildman–Crippen LogP) is 1.19. The number of hydrogen-bond acceptors (Lipinski definition) is 5. The van der Waals surface area contributed by atoms with Crippen LogP contribution in [0.25, 0.3) is 0 Å². The number of halogens is 1. The summed E-state index contributed by atoms with van der Waals surface area (Å²) in [4.78, 5) is 16.0. The van der Waals surface area contributed by atoms with Gasteiger partial charge in [-0.3, -0.25) is 9.48 Å². The van der Waals surface area contributed by atoms with E-state index in [2.05, 4.69) is 25.9 Å². The molecule has 0 saturated heterocycles. The van der Waals surface area contributed by atoms with Gasteiger partial charge < -0.3 is 10.6 Å². The number of hydrogen-bond donors (Lipinski definition) is 2. The van der Waals surface area contributed by atoms with Crippen LogP contribution < -0.4 is 10.6 Å². The Balaban J connectivity index is 1.85. The number of nitrogens with one attached hydrogen (secondary N) is 2. The molecule has 2 rings (SSSR count). The minimum absolute atomic E-state index is 0.215. The number of aromatic nitrogens is 4. The molecule has 0 aliphatic carbocycles. The molecule has 0 atom stereocenters. The molecule has 2 aromatic rings. The van der Waals surface area contributed by atoms with Crippen molar-refractivity contribution >= 4 is 23.3 Å². The van der Waals surface area contributed by atoms with Crippen LogP contribution >= 0.6 is 11.6 Å². The summed E-state index contributed by atoms with van der Waals surface area (Å²) in [5.74, 6) is 0.384. The van der Waals surface area contributed by atoms with Gasteiger partial charge in [-0.05, 0) is 12.5 Å². The van der Waals surface area contributed by atoms with Crippen LogP contribution in [0.4, 0.5) is 5.82 Å². The second-order valence-corrected chi connectivity index (χ2v) is 4.48. The van der Waals surface area contributed by atoms with Crippen LogP contribution in [0.15, 0.2) is 24.7 Å². The normalized spacial score (nSPS) is 10.3. The number of carbonyl (C=O) groups is 1. The second kappa shape index (κ2) is 6.85. The first-order chi connectivity index (χ1) is 9.70. The van der Waals surface area contributed by atoms with Crippen molar-refractivity contribution in [2.75, 3.05) is 18.9 Å². The molecule has 0 spiro atoms. The summed E-state index contributed by atoms with van der Waals surface area (Å²) in [6.45, 7) is 1.23. The summed E-state index contributed by atoms with van der Waals surface area (Å²) in [5.41, 5.74) is 0.409. The first-order valence-electron chi connectivity index (χ1n) is 6.16. The molecule has 0 fully saturated rings. The van der Waals surface area contributed by atoms with Crippen LogP contribution in [0.1, 0.15) is 16.8 Å². The zero-order valence-corrected chi connectivity index (χ0v) is 11.8. The van der Waals surface area contributed by atoms with Crippen LogP contribution in [-0.4, -0.2) is 39.5 Å². The van der Waals surface area contributed by atoms with E-state index in [0.29, 0.717) is 29.5 Å². The van der Waals surface area contributed by atoms with Crippen molar-refractivity contribution in [1.29, 1.82) is 0 Å². The highest BCUT2D eigenvalue weighted by atomic mass is 35.5. The van der Waals surface area contributed by atoms with Gasteiger partial charge in [-0.1, -0.05) is 16.8 Å². The first-order valence-corrected chi connectivity index (χ1v) is 6.54. The number of pyridine rings is 1. The molecule has 106 valence electrons. The number of amides is 1. The lowest BCUT2D eigenvalue weighted by Crippen LogP contribution is -2.25. The van der Waals surface area contributed by atoms with Crippen LogP contribution in [-0.2, 0) is 6.54 Å². The van der Waals surface area contributed by atoms with Gasteiger partial charge in [0.1, 0.15) is 5.82 Å². The monoisotopic (exact) mass is 294 g/mol. The van der Waals surface area contributed by atoms with Gasteiger partial charge in [0, 0.05) is 32.5 Å². The molecule has 2 N–H and O–H groups in total. The highest BCUT2D eigenvalue weighted by Crippen LogP contribution is 2.17. The summed E-state index contributed by atoms with van der Waals surface area (Å²) in [7, 11) is 1.73. The van der Waals surface area contributed by atoms with Gasteiger partial charge >= 0.3 is 0 Å². The Morgan fingerprint density at radius 1 is 1.50 bits per heavy atom. The third kappa shape index (κ3) is 3.67. The minimum atomic E-state index is -0.215. The summed E-state index contributed by atoms with van der Waals surface area (Å²) < 4.78 is 1.71. The van der Waals surface area contributed by atoms with Gasteiger partial charge in [-0.15, -0.1) is 5.10 Å². The fraction of sp³-hybridized carbons (Fsp3) is 0.333. The maximum Gasteiger partial charge on any atom is 0.252 e. The van der Waals surface area contributed by atoms with Crippen LogP contribution in [0.5, 0.6) is 0 Å². The van der Waals surface area contributed by atoms with Crippen molar-refractivity contribution in [1.82, 2.24) is 25.3 Å². The molecule has 1 amide bonds. The van der Waals surface area contributed by atoms with E-state index < -0.39 is 0 Å². The Kier molecular flexibility index (Phi) is 4.89. The molecular formula is C12H15ClN6O. The topological polar surface area (TPSA) is 84.7 Å². The molecule has 8 heteroatoms. The number of nitrogens with zero attached hydrogens (tertiary/aromatic N) is 4. The maximum absolute atomic E-state index is 12.0. The number of anilines is 1. The largest absolute Gasteiger partial charge is 0.373 e. The SMILES string of the molecule is CNc1cc(C(=O)NCCCn2ccnn2)c(Cl)cn1. The van der Waals surface area contributed by atoms with E-state index >= 15 is 0 Å². The number of carbonyl (C=O) groups excluding carboxylic acids is 1. The highest BCUT2D eigenvalue weighted by Gasteiger charge is 2.11. The summed E-state index contributed by atoms with van der Waals surface area (Å²) in [6, 6.07) is 1.62. The van der Waals surface area contributed by atoms with Gasteiger partial charge in [-0.25, -0.2) is 4.98 Å². The van der Waals surface area contributed by atoms with Crippen LogP contribution in [0.3, 0.4) is 0 Å². The standard InChI is InChI=1S/C12H15ClN6O/c1-14-11-7-9(10(13)8-16-11)12(20)15-3-2-5-19-6-4-17-18-19/h4,6-8H,2-3,5H2,1H3,(H,14,16)(H,15,20). The van der Waals surface area contributed by atoms with E-state index in [-0.39, 0.29) is 5.91 Å². The van der Waals surface area contributed by atoms with Crippen molar-refractivity contribution in [3.8, 4) is 0 Å². The average molecular weight is 295 g/mol. The molecule has 7 nitrogen and oxygen atoms in total. The second-order valence-electron chi connectivity index (χ2n) is 4.07. The van der Waals surface area contributed by atoms with Gasteiger partial charge in [0.05, 0.1) is 16.8 Å². The van der Waals surface area contributed by atoms with Crippen LogP contribution in [0.2, 0.25) is 5.02 Å². The fourth-order valence-electron chi connectivity index (χ4n) is 1.64. The lowest BCUT2D eigenvalue weighted by Gasteiger charge is -2.08. The van der Waals surface area contributed by atoms with Crippen LogP contribution in [0, 0.1) is 0 Å². The Hall–Kier alpha value is -2.15. The molecule has 20 heavy (non-hydrogen) atoms. The Morgan fingerprint density at radius 2 is 2.35 bits per heavy atom. The van der Waals surface area contributed by atoms with Gasteiger partial charge in [-0.2, -0.15) is 0 Å². The zero-order valence-electron chi connectivity index (χ0n) is 11.0. The van der Waals surface area contributed by atoms with Crippen molar-refractivity contribution in [2.45, 2.75) is 13.0 Å². The van der Waals surface area contributed by atoms with E-state index in [1.54, 1.807) is 30.2 Å². The third-order valence-electron chi connectivity index (χ3n) is 2.68. The van der Waals surface area contributed by atoms with E-state index in [4.69, 9.17) is 11.6 Å². The summed E-state index contributed by atoms with van der Waals surface area (Å²) >= 11 is 5.97. The Bertz CT molecular complexity index is 571. The van der Waals surface area contributed by atoms with Crippen molar-refractivity contribution in [3.05, 3.63) is 35.2 Å². The molecule has 2 aromatic heterocycles. The average Bonchev–Trinajstić information content (AvgIpc) is 2.97. The molecule has 0 saturated carbocycles. The molecule has 0 aromatic carbocycles. The Morgan fingerprint density at radius 3 is 3.05 bits per heavy atom. The number of aryl methyl sites for hydroxylation is 1. The lowest BCUT2D eigenvalue weighted by atomic mass is 10.2. The smallest absolute Gasteiger partial charge is 0.252 e. The first kappa shape index (κ1) is 14.3. The van der Waals surface area contributed by atoms with Gasteiger partial charge in [0.2, 0.25) is 0 Å². The zero-order chi connectivity index (χ0) is 14.4. The molecule has 0 aliphatic rings. The lowest BCUT2D eigenvalue weighted by molar-refractivity contribution is 0.0952. The highest BCUT2D eigenvalue weighted by molar-refractivity contribution is 6.33. The summed E-state index contributed by atoms with van der Waals surface area (Å²) in [6.07, 6.45) is 5.61. The van der Waals surface area contributed by atoms with Crippen molar-refractivity contribution in [3.63, 3.8) is 0 Å². The molecule has 0 aliphatic heterocycles. The molecule has 2 heterocycles. The van der Waals surface area contributed by atoms with Crippen molar-refractivity contribution < 1.29 is 4.79 Å². The van der Waals surface area contributed by atoms with Gasteiger partial charge in [0.15, 0.2) is 0 Å². The van der Waals surface area contributed by atoms with E-state index in [1.165, 1.54) is 6.20 Å². The van der Waals surface area contributed by atoms with E-state index in [9.17, 15) is 4.79 Å². The maximum atomic E-state index is 12.0.